The van der Waals surface area contributed by atoms with Gasteiger partial charge in [-0.25, -0.2) is 4.79 Å². The first kappa shape index (κ1) is 67.3. The van der Waals surface area contributed by atoms with Crippen LogP contribution in [0.3, 0.4) is 0 Å². The molecule has 0 saturated heterocycles. The second-order valence-corrected chi connectivity index (χ2v) is 17.7. The summed E-state index contributed by atoms with van der Waals surface area (Å²) in [6.45, 7) is 3.26. The van der Waals surface area contributed by atoms with Crippen LogP contribution in [0.15, 0.2) is 0 Å². The van der Waals surface area contributed by atoms with E-state index in [1.807, 2.05) is 5.32 Å². The normalized spacial score (nSPS) is 15.5. The highest BCUT2D eigenvalue weighted by molar-refractivity contribution is 7.80. The third-order valence-electron chi connectivity index (χ3n) is 11.0. The van der Waals surface area contributed by atoms with E-state index in [0.717, 1.165) is 0 Å². The molecule has 74 heavy (non-hydrogen) atoms. The molecule has 12 amide bonds. The predicted molar refractivity (Wildman–Crippen MR) is 261 cm³/mol. The minimum atomic E-state index is -1.88. The minimum Gasteiger partial charge on any atom is -0.480 e. The molecule has 0 unspecified atom stereocenters. The van der Waals surface area contributed by atoms with E-state index >= 15 is 0 Å². The van der Waals surface area contributed by atoms with Crippen LogP contribution in [0.5, 0.6) is 0 Å². The molecule has 11 atom stereocenters. The predicted octanol–water partition coefficient (Wildman–Crippen LogP) is -9.48. The van der Waals surface area contributed by atoms with E-state index in [0.29, 0.717) is 6.42 Å². The summed E-state index contributed by atoms with van der Waals surface area (Å²) in [5, 5.41) is 59.5. The highest BCUT2D eigenvalue weighted by atomic mass is 32.1. The summed E-state index contributed by atoms with van der Waals surface area (Å²) >= 11 is 4.05. The number of amides is 12. The first-order valence-corrected chi connectivity index (χ1v) is 24.0. The van der Waals surface area contributed by atoms with Crippen molar-refractivity contribution in [3.05, 3.63) is 0 Å². The van der Waals surface area contributed by atoms with E-state index in [-0.39, 0.29) is 31.7 Å². The fraction of sp³-hybridized carbons (Fsp3) is 0.690. The molecule has 0 radical (unpaired) electrons. The Morgan fingerprint density at radius 2 is 0.838 bits per heavy atom. The van der Waals surface area contributed by atoms with E-state index in [1.54, 1.807) is 20.8 Å². The second kappa shape index (κ2) is 34.6. The second-order valence-electron chi connectivity index (χ2n) is 17.3. The summed E-state index contributed by atoms with van der Waals surface area (Å²) < 4.78 is 0. The number of hydrogen-bond donors (Lipinski definition) is 19. The number of aliphatic carboxylic acids is 1. The van der Waals surface area contributed by atoms with Crippen molar-refractivity contribution in [3.63, 3.8) is 0 Å². The molecule has 0 aliphatic carbocycles. The number of carboxylic acids is 1. The van der Waals surface area contributed by atoms with Crippen LogP contribution in [0.4, 0.5) is 0 Å². The van der Waals surface area contributed by atoms with E-state index in [1.165, 1.54) is 6.92 Å². The lowest BCUT2D eigenvalue weighted by atomic mass is 9.97. The highest BCUT2D eigenvalue weighted by Crippen LogP contribution is 2.11. The topological polar surface area (TPSA) is 541 Å². The fourth-order valence-corrected chi connectivity index (χ4v) is 6.58. The van der Waals surface area contributed by atoms with Crippen molar-refractivity contribution >= 4 is 89.5 Å². The molecular weight excluding hydrogens is 1000 g/mol. The summed E-state index contributed by atoms with van der Waals surface area (Å²) in [6, 6.07) is -16.3. The average Bonchev–Trinajstić information content (AvgIpc) is 3.33. The molecule has 0 aromatic carbocycles. The number of hydrogen-bond acceptors (Lipinski definition) is 19. The fourth-order valence-electron chi connectivity index (χ4n) is 6.33. The first-order chi connectivity index (χ1) is 34.6. The van der Waals surface area contributed by atoms with Crippen LogP contribution in [0.1, 0.15) is 79.1 Å². The third-order valence-corrected chi connectivity index (χ3v) is 11.4. The Bertz CT molecular complexity index is 1980. The van der Waals surface area contributed by atoms with Gasteiger partial charge >= 0.3 is 5.97 Å². The van der Waals surface area contributed by atoms with Crippen LogP contribution in [-0.2, 0) is 62.3 Å². The molecule has 0 aliphatic heterocycles. The number of rotatable bonds is 37. The Labute approximate surface area is 431 Å². The molecule has 0 rings (SSSR count). The molecule has 0 fully saturated rings. The summed E-state index contributed by atoms with van der Waals surface area (Å²) in [4.78, 5) is 166. The largest absolute Gasteiger partial charge is 0.480 e. The van der Waals surface area contributed by atoms with Crippen molar-refractivity contribution in [2.75, 3.05) is 32.1 Å². The average molecular weight is 1080 g/mol. The lowest BCUT2D eigenvalue weighted by Crippen LogP contribution is -2.62. The molecule has 420 valence electrons. The van der Waals surface area contributed by atoms with Gasteiger partial charge in [0.25, 0.3) is 0 Å². The maximum Gasteiger partial charge on any atom is 0.326 e. The van der Waals surface area contributed by atoms with Crippen molar-refractivity contribution in [1.82, 2.24) is 47.9 Å². The Morgan fingerprint density at radius 3 is 1.24 bits per heavy atom. The molecule has 31 nitrogen and oxygen atoms in total. The van der Waals surface area contributed by atoms with E-state index < -0.39 is 194 Å². The molecule has 0 aliphatic rings. The first-order valence-electron chi connectivity index (χ1n) is 23.3. The maximum atomic E-state index is 13.8. The minimum absolute atomic E-state index is 0.103. The monoisotopic (exact) mass is 1080 g/mol. The van der Waals surface area contributed by atoms with Gasteiger partial charge in [-0.1, -0.05) is 34.1 Å². The van der Waals surface area contributed by atoms with Gasteiger partial charge < -0.3 is 96.9 Å². The number of aliphatic hydroxyl groups excluding tert-OH is 3. The molecule has 0 saturated carbocycles. The number of carboxylic acid groups (broad SMARTS) is 1. The molecule has 0 heterocycles. The summed E-state index contributed by atoms with van der Waals surface area (Å²) in [5.41, 5.74) is 27.1. The van der Waals surface area contributed by atoms with Gasteiger partial charge in [-0.2, -0.15) is 12.6 Å². The smallest absolute Gasteiger partial charge is 0.326 e. The van der Waals surface area contributed by atoms with E-state index in [9.17, 15) is 82.8 Å². The van der Waals surface area contributed by atoms with E-state index in [4.69, 9.17) is 28.7 Å². The molecule has 0 bridgehead atoms. The molecular formula is C42H74N14O17S. The molecule has 0 aromatic rings. The Kier molecular flexibility index (Phi) is 31.5. The van der Waals surface area contributed by atoms with Crippen LogP contribution < -0.4 is 76.5 Å². The Morgan fingerprint density at radius 1 is 0.473 bits per heavy atom. The number of carbonyl (C=O) groups is 13. The van der Waals surface area contributed by atoms with Gasteiger partial charge in [-0.3, -0.25) is 57.5 Å². The number of nitrogens with two attached hydrogens (primary N) is 5. The number of unbranched alkanes of at least 4 members (excludes halogenated alkanes) is 1. The van der Waals surface area contributed by atoms with Crippen molar-refractivity contribution in [1.29, 1.82) is 0 Å². The zero-order valence-electron chi connectivity index (χ0n) is 41.6. The van der Waals surface area contributed by atoms with Gasteiger partial charge in [0.2, 0.25) is 70.9 Å². The van der Waals surface area contributed by atoms with Gasteiger partial charge in [0.05, 0.1) is 38.7 Å². The maximum absolute atomic E-state index is 13.8. The number of carbonyl (C=O) groups excluding carboxylic acids is 12. The molecule has 0 aromatic heterocycles. The van der Waals surface area contributed by atoms with Gasteiger partial charge in [0.15, 0.2) is 0 Å². The zero-order valence-corrected chi connectivity index (χ0v) is 42.4. The standard InChI is InChI=1S/C42H74N14O17S/c1-5-19(4)32(41(71)54-25(15-58)36(66)51-23(42(72)73)13-30(46)62)56-38(68)26(16-59)53-39(69)27(17-74)55-37(67)24(14-57)52-34(64)21(9-10-28(44)60)49-33(63)20(8-6-7-11-43)48-35(65)22(12-29(45)61)50-40(70)31(47)18(2)3/h18-27,31-32,57-59,74H,5-17,43,47H2,1-4H3,(H2,44,60)(H2,45,61)(H2,46,62)(H,48,65)(H,49,63)(H,50,70)(H,51,66)(H,52,64)(H,53,69)(H,54,71)(H,55,67)(H,56,68)(H,72,73)/t19-,20-,21-,22-,23-,24-,25-,26-,27-,31-,32-/m0/s1. The Balaban J connectivity index is 6.28. The Hall–Kier alpha value is -6.74. The zero-order chi connectivity index (χ0) is 57.0. The highest BCUT2D eigenvalue weighted by Gasteiger charge is 2.36. The lowest BCUT2D eigenvalue weighted by molar-refractivity contribution is -0.144. The van der Waals surface area contributed by atoms with Crippen molar-refractivity contribution in [3.8, 4) is 0 Å². The van der Waals surface area contributed by atoms with Crippen LogP contribution in [0.2, 0.25) is 0 Å². The lowest BCUT2D eigenvalue weighted by Gasteiger charge is -2.28. The van der Waals surface area contributed by atoms with Gasteiger partial charge in [-0.05, 0) is 44.1 Å². The number of primary amides is 3. The third kappa shape index (κ3) is 24.3. The quantitative estimate of drug-likeness (QED) is 0.0203. The van der Waals surface area contributed by atoms with Gasteiger partial charge in [0.1, 0.15) is 54.4 Å². The number of aliphatic hydroxyl groups is 3. The summed E-state index contributed by atoms with van der Waals surface area (Å²) in [6.07, 6.45) is -1.81. The van der Waals surface area contributed by atoms with Crippen LogP contribution in [-0.4, -0.2) is 190 Å². The van der Waals surface area contributed by atoms with Crippen LogP contribution >= 0.6 is 12.6 Å². The van der Waals surface area contributed by atoms with Crippen LogP contribution in [0.25, 0.3) is 0 Å². The SMILES string of the molecule is CC[C@H](C)[C@H](NC(=O)[C@H](CO)NC(=O)[C@H](CS)NC(=O)[C@H](CO)NC(=O)[C@H](CCC(N)=O)NC(=O)[C@H](CCCCN)NC(=O)[C@H](CC(N)=O)NC(=O)[C@@H](N)C(C)C)C(=O)N[C@@H](CO)C(=O)N[C@@H](CC(N)=O)C(=O)O. The van der Waals surface area contributed by atoms with Crippen molar-refractivity contribution in [2.24, 2.45) is 40.5 Å². The number of thiol groups is 1. The van der Waals surface area contributed by atoms with Gasteiger partial charge in [0, 0.05) is 12.2 Å². The summed E-state index contributed by atoms with van der Waals surface area (Å²) in [7, 11) is 0. The number of nitrogens with one attached hydrogen (secondary N) is 9. The van der Waals surface area contributed by atoms with Crippen molar-refractivity contribution in [2.45, 2.75) is 139 Å². The summed E-state index contributed by atoms with van der Waals surface area (Å²) in [5.74, 6) is -16.1. The van der Waals surface area contributed by atoms with Crippen molar-refractivity contribution < 1.29 is 82.8 Å². The molecule has 23 N–H and O–H groups in total. The van der Waals surface area contributed by atoms with Gasteiger partial charge in [-0.15, -0.1) is 0 Å². The molecule has 0 spiro atoms. The van der Waals surface area contributed by atoms with Crippen LogP contribution in [0, 0.1) is 11.8 Å². The van der Waals surface area contributed by atoms with E-state index in [2.05, 4.69) is 55.2 Å². The molecule has 32 heteroatoms.